The molecule has 0 atom stereocenters. The summed E-state index contributed by atoms with van der Waals surface area (Å²) in [5, 5.41) is 12.7. The van der Waals surface area contributed by atoms with E-state index in [0.29, 0.717) is 24.6 Å². The van der Waals surface area contributed by atoms with Crippen LogP contribution in [0.1, 0.15) is 11.5 Å². The molecule has 0 fully saturated rings. The number of nitrogens with one attached hydrogen (secondary N) is 2. The molecule has 21 heavy (non-hydrogen) atoms. The van der Waals surface area contributed by atoms with Gasteiger partial charge >= 0.3 is 6.18 Å². The first-order valence-electron chi connectivity index (χ1n) is 6.13. The minimum absolute atomic E-state index is 0.0856. The number of nitrogens with zero attached hydrogens (tertiary/aromatic N) is 4. The molecule has 2 aromatic rings. The van der Waals surface area contributed by atoms with E-state index in [4.69, 9.17) is 0 Å². The topological polar surface area (TPSA) is 75.6 Å². The summed E-state index contributed by atoms with van der Waals surface area (Å²) in [7, 11) is 0. The molecule has 0 aliphatic carbocycles. The number of anilines is 1. The number of aromatic nitrogens is 4. The number of rotatable bonds is 6. The van der Waals surface area contributed by atoms with E-state index in [0.717, 1.165) is 0 Å². The molecular weight excluding hydrogens is 285 g/mol. The molecule has 0 aromatic carbocycles. The average Bonchev–Trinajstić information content (AvgIpc) is 2.47. The van der Waals surface area contributed by atoms with Crippen molar-refractivity contribution in [1.82, 2.24) is 25.5 Å². The van der Waals surface area contributed by atoms with Crippen molar-refractivity contribution < 1.29 is 13.2 Å². The second-order valence-electron chi connectivity index (χ2n) is 4.15. The molecule has 0 saturated heterocycles. The van der Waals surface area contributed by atoms with Crippen LogP contribution in [-0.4, -0.2) is 32.9 Å². The predicted octanol–water partition coefficient (Wildman–Crippen LogP) is 1.53. The molecule has 2 aromatic heterocycles. The van der Waals surface area contributed by atoms with Gasteiger partial charge in [-0.1, -0.05) is 0 Å². The van der Waals surface area contributed by atoms with Gasteiger partial charge in [-0.3, -0.25) is 0 Å². The fraction of sp³-hybridized carbons (Fsp3) is 0.333. The second kappa shape index (κ2) is 6.93. The summed E-state index contributed by atoms with van der Waals surface area (Å²) in [6.45, 7) is -0.244. The van der Waals surface area contributed by atoms with Crippen LogP contribution in [0.5, 0.6) is 0 Å². The van der Waals surface area contributed by atoms with Crippen LogP contribution in [0.15, 0.2) is 30.6 Å². The summed E-state index contributed by atoms with van der Waals surface area (Å²) in [5.41, 5.74) is 0.614. The van der Waals surface area contributed by atoms with Crippen LogP contribution in [0.4, 0.5) is 19.0 Å². The first-order valence-corrected chi connectivity index (χ1v) is 6.13. The largest absolute Gasteiger partial charge is 0.405 e. The van der Waals surface area contributed by atoms with E-state index in [1.54, 1.807) is 24.5 Å². The zero-order valence-corrected chi connectivity index (χ0v) is 10.9. The maximum Gasteiger partial charge on any atom is 0.405 e. The lowest BCUT2D eigenvalue weighted by atomic mass is 10.3. The Morgan fingerprint density at radius 3 is 2.38 bits per heavy atom. The van der Waals surface area contributed by atoms with Crippen LogP contribution in [0.25, 0.3) is 0 Å². The number of halogens is 3. The quantitative estimate of drug-likeness (QED) is 0.842. The normalized spacial score (nSPS) is 11.4. The molecule has 2 rings (SSSR count). The SMILES string of the molecule is FC(F)(F)CNc1ccc(CNCc2ncccn2)nn1. The zero-order chi connectivity index (χ0) is 15.1. The summed E-state index contributed by atoms with van der Waals surface area (Å²) < 4.78 is 36.0. The van der Waals surface area contributed by atoms with E-state index in [1.807, 2.05) is 0 Å². The van der Waals surface area contributed by atoms with Crippen LogP contribution in [0.3, 0.4) is 0 Å². The Balaban J connectivity index is 1.77. The molecule has 0 unspecified atom stereocenters. The van der Waals surface area contributed by atoms with Gasteiger partial charge in [0, 0.05) is 18.9 Å². The zero-order valence-electron chi connectivity index (χ0n) is 10.9. The van der Waals surface area contributed by atoms with E-state index in [-0.39, 0.29) is 5.82 Å². The highest BCUT2D eigenvalue weighted by molar-refractivity contribution is 5.33. The van der Waals surface area contributed by atoms with E-state index >= 15 is 0 Å². The summed E-state index contributed by atoms with van der Waals surface area (Å²) in [5.74, 6) is 0.733. The van der Waals surface area contributed by atoms with Crippen LogP contribution in [0.2, 0.25) is 0 Å². The van der Waals surface area contributed by atoms with Crippen molar-refractivity contribution in [3.63, 3.8) is 0 Å². The predicted molar refractivity (Wildman–Crippen MR) is 69.2 cm³/mol. The van der Waals surface area contributed by atoms with Gasteiger partial charge < -0.3 is 10.6 Å². The minimum atomic E-state index is -4.28. The Morgan fingerprint density at radius 1 is 1.00 bits per heavy atom. The van der Waals surface area contributed by atoms with Crippen molar-refractivity contribution >= 4 is 5.82 Å². The maximum atomic E-state index is 12.0. The summed E-state index contributed by atoms with van der Waals surface area (Å²) in [4.78, 5) is 8.09. The summed E-state index contributed by atoms with van der Waals surface area (Å²) in [6, 6.07) is 4.78. The lowest BCUT2D eigenvalue weighted by Crippen LogP contribution is -2.22. The molecule has 2 heterocycles. The van der Waals surface area contributed by atoms with E-state index in [1.165, 1.54) is 6.07 Å². The van der Waals surface area contributed by atoms with Gasteiger partial charge in [0.1, 0.15) is 18.2 Å². The second-order valence-corrected chi connectivity index (χ2v) is 4.15. The molecule has 0 aliphatic heterocycles. The maximum absolute atomic E-state index is 12.0. The summed E-state index contributed by atoms with van der Waals surface area (Å²) in [6.07, 6.45) is -0.993. The molecule has 0 bridgehead atoms. The summed E-state index contributed by atoms with van der Waals surface area (Å²) >= 11 is 0. The lowest BCUT2D eigenvalue weighted by molar-refractivity contribution is -0.115. The Morgan fingerprint density at radius 2 is 1.76 bits per heavy atom. The fourth-order valence-electron chi connectivity index (χ4n) is 1.46. The highest BCUT2D eigenvalue weighted by Gasteiger charge is 2.26. The number of hydrogen-bond donors (Lipinski definition) is 2. The van der Waals surface area contributed by atoms with Gasteiger partial charge in [0.15, 0.2) is 0 Å². The molecule has 112 valence electrons. The van der Waals surface area contributed by atoms with Crippen molar-refractivity contribution in [3.8, 4) is 0 Å². The van der Waals surface area contributed by atoms with Crippen molar-refractivity contribution in [2.45, 2.75) is 19.3 Å². The van der Waals surface area contributed by atoms with Crippen molar-refractivity contribution in [1.29, 1.82) is 0 Å². The highest BCUT2D eigenvalue weighted by Crippen LogP contribution is 2.15. The van der Waals surface area contributed by atoms with E-state index < -0.39 is 12.7 Å². The first-order chi connectivity index (χ1) is 10.0. The third-order valence-corrected chi connectivity index (χ3v) is 2.40. The Labute approximate surface area is 118 Å². The van der Waals surface area contributed by atoms with E-state index in [9.17, 15) is 13.2 Å². The smallest absolute Gasteiger partial charge is 0.360 e. The molecule has 0 amide bonds. The lowest BCUT2D eigenvalue weighted by Gasteiger charge is -2.08. The van der Waals surface area contributed by atoms with Crippen LogP contribution in [-0.2, 0) is 13.1 Å². The molecule has 0 aliphatic rings. The monoisotopic (exact) mass is 298 g/mol. The van der Waals surface area contributed by atoms with Gasteiger partial charge in [-0.2, -0.15) is 18.3 Å². The molecule has 6 nitrogen and oxygen atoms in total. The van der Waals surface area contributed by atoms with Crippen molar-refractivity contribution in [3.05, 3.63) is 42.1 Å². The molecule has 9 heteroatoms. The van der Waals surface area contributed by atoms with Crippen LogP contribution in [0, 0.1) is 0 Å². The van der Waals surface area contributed by atoms with Gasteiger partial charge in [0.2, 0.25) is 0 Å². The van der Waals surface area contributed by atoms with E-state index in [2.05, 4.69) is 30.8 Å². The minimum Gasteiger partial charge on any atom is -0.360 e. The van der Waals surface area contributed by atoms with Crippen molar-refractivity contribution in [2.24, 2.45) is 0 Å². The Kier molecular flexibility index (Phi) is 4.99. The fourth-order valence-corrected chi connectivity index (χ4v) is 1.46. The third-order valence-electron chi connectivity index (χ3n) is 2.40. The number of hydrogen-bond acceptors (Lipinski definition) is 6. The average molecular weight is 298 g/mol. The van der Waals surface area contributed by atoms with Gasteiger partial charge in [0.25, 0.3) is 0 Å². The molecular formula is C12H13F3N6. The van der Waals surface area contributed by atoms with Gasteiger partial charge in [-0.15, -0.1) is 5.10 Å². The van der Waals surface area contributed by atoms with Gasteiger partial charge in [-0.25, -0.2) is 9.97 Å². The standard InChI is InChI=1S/C12H13F3N6/c13-12(14,15)8-19-10-3-2-9(20-21-10)6-16-7-11-17-4-1-5-18-11/h1-5,16H,6-8H2,(H,19,21). The Bertz CT molecular complexity index is 543. The van der Waals surface area contributed by atoms with Gasteiger partial charge in [-0.05, 0) is 18.2 Å². The Hall–Kier alpha value is -2.29. The van der Waals surface area contributed by atoms with Gasteiger partial charge in [0.05, 0.1) is 12.2 Å². The molecule has 0 radical (unpaired) electrons. The molecule has 0 spiro atoms. The van der Waals surface area contributed by atoms with Crippen molar-refractivity contribution in [2.75, 3.05) is 11.9 Å². The third kappa shape index (κ3) is 5.69. The number of alkyl halides is 3. The highest BCUT2D eigenvalue weighted by atomic mass is 19.4. The molecule has 2 N–H and O–H groups in total. The van der Waals surface area contributed by atoms with Crippen LogP contribution >= 0.6 is 0 Å². The molecule has 0 saturated carbocycles. The van der Waals surface area contributed by atoms with Crippen LogP contribution < -0.4 is 10.6 Å². The first kappa shape index (κ1) is 15.1.